The van der Waals surface area contributed by atoms with E-state index in [2.05, 4.69) is 26.1 Å². The minimum atomic E-state index is -0.603. The molecule has 1 amide bonds. The number of phenolic OH excluding ortho intramolecular Hbond substituents is 1. The second-order valence-electron chi connectivity index (χ2n) is 8.68. The molecule has 0 bridgehead atoms. The van der Waals surface area contributed by atoms with E-state index in [0.29, 0.717) is 25.1 Å². The highest BCUT2D eigenvalue weighted by Crippen LogP contribution is 2.30. The molecule has 0 saturated heterocycles. The van der Waals surface area contributed by atoms with Crippen molar-refractivity contribution in [1.29, 1.82) is 0 Å². The highest BCUT2D eigenvalue weighted by Gasteiger charge is 2.17. The molecule has 162 valence electrons. The van der Waals surface area contributed by atoms with Crippen molar-refractivity contribution < 1.29 is 14.7 Å². The molecular weight excluding hydrogens is 378 g/mol. The summed E-state index contributed by atoms with van der Waals surface area (Å²) >= 11 is 0. The summed E-state index contributed by atoms with van der Waals surface area (Å²) in [4.78, 5) is 24.6. The van der Waals surface area contributed by atoms with Gasteiger partial charge in [-0.05, 0) is 47.1 Å². The first-order valence-electron chi connectivity index (χ1n) is 10.3. The van der Waals surface area contributed by atoms with Crippen molar-refractivity contribution in [2.45, 2.75) is 64.5 Å². The normalized spacial score (nSPS) is 12.4. The first-order valence-corrected chi connectivity index (χ1v) is 10.3. The third kappa shape index (κ3) is 6.97. The number of Topliss-reactive ketones (excluding diaryl/α,β-unsaturated/α-hetero) is 1. The molecule has 0 aliphatic carbocycles. The second-order valence-corrected chi connectivity index (χ2v) is 8.68. The predicted octanol–water partition coefficient (Wildman–Crippen LogP) is 3.40. The predicted molar refractivity (Wildman–Crippen MR) is 120 cm³/mol. The molecule has 0 heterocycles. The van der Waals surface area contributed by atoms with Gasteiger partial charge in [-0.3, -0.25) is 9.59 Å². The lowest BCUT2D eigenvalue weighted by atomic mass is 9.87. The van der Waals surface area contributed by atoms with Gasteiger partial charge in [-0.15, -0.1) is 0 Å². The fourth-order valence-corrected chi connectivity index (χ4v) is 3.18. The van der Waals surface area contributed by atoms with Crippen LogP contribution in [0.5, 0.6) is 5.75 Å². The Morgan fingerprint density at radius 2 is 1.77 bits per heavy atom. The highest BCUT2D eigenvalue weighted by atomic mass is 16.3. The van der Waals surface area contributed by atoms with Crippen LogP contribution in [0.3, 0.4) is 0 Å². The minimum absolute atomic E-state index is 0.0224. The summed E-state index contributed by atoms with van der Waals surface area (Å²) in [6.07, 6.45) is 1.27. The molecule has 0 aromatic heterocycles. The van der Waals surface area contributed by atoms with Gasteiger partial charge in [-0.2, -0.15) is 0 Å². The van der Waals surface area contributed by atoms with E-state index in [9.17, 15) is 14.7 Å². The Labute approximate surface area is 178 Å². The van der Waals surface area contributed by atoms with E-state index in [1.165, 1.54) is 0 Å². The summed E-state index contributed by atoms with van der Waals surface area (Å²) in [5.74, 6) is -0.291. The maximum Gasteiger partial charge on any atom is 0.224 e. The number of anilines is 1. The molecule has 2 aromatic rings. The molecule has 0 radical (unpaired) electrons. The number of rotatable bonds is 9. The Hall–Kier alpha value is -2.70. The van der Waals surface area contributed by atoms with Crippen molar-refractivity contribution in [1.82, 2.24) is 0 Å². The van der Waals surface area contributed by atoms with Gasteiger partial charge in [0.1, 0.15) is 11.5 Å². The molecule has 0 saturated carbocycles. The number of ketones is 1. The number of aromatic hydroxyl groups is 1. The van der Waals surface area contributed by atoms with Crippen LogP contribution in [-0.4, -0.2) is 22.8 Å². The molecule has 0 fully saturated rings. The van der Waals surface area contributed by atoms with Gasteiger partial charge in [-0.25, -0.2) is 0 Å². The molecule has 2 aromatic carbocycles. The Balaban J connectivity index is 1.83. The Morgan fingerprint density at radius 3 is 2.43 bits per heavy atom. The van der Waals surface area contributed by atoms with Crippen molar-refractivity contribution in [3.63, 3.8) is 0 Å². The SMILES string of the molecule is CC(C)(C)c1ccc(O)c(NC(=O)CCCC(=O)[C@@H](N)Cc2cccc(CN)c2)c1. The lowest BCUT2D eigenvalue weighted by Gasteiger charge is -2.20. The van der Waals surface area contributed by atoms with Crippen LogP contribution in [-0.2, 0) is 28.0 Å². The van der Waals surface area contributed by atoms with Crippen LogP contribution in [0.2, 0.25) is 0 Å². The van der Waals surface area contributed by atoms with Gasteiger partial charge in [0.2, 0.25) is 5.91 Å². The second kappa shape index (κ2) is 10.4. The molecule has 0 unspecified atom stereocenters. The number of amides is 1. The number of carbonyl (C=O) groups excluding carboxylic acids is 2. The van der Waals surface area contributed by atoms with Crippen LogP contribution in [0, 0.1) is 0 Å². The zero-order chi connectivity index (χ0) is 22.3. The fourth-order valence-electron chi connectivity index (χ4n) is 3.18. The van der Waals surface area contributed by atoms with Gasteiger partial charge in [0, 0.05) is 19.4 Å². The van der Waals surface area contributed by atoms with Gasteiger partial charge in [-0.1, -0.05) is 51.1 Å². The average Bonchev–Trinajstić information content (AvgIpc) is 2.68. The number of phenols is 1. The van der Waals surface area contributed by atoms with E-state index in [-0.39, 0.29) is 35.7 Å². The molecule has 6 N–H and O–H groups in total. The van der Waals surface area contributed by atoms with E-state index < -0.39 is 6.04 Å². The van der Waals surface area contributed by atoms with Gasteiger partial charge < -0.3 is 21.9 Å². The maximum absolute atomic E-state index is 12.3. The van der Waals surface area contributed by atoms with Gasteiger partial charge in [0.15, 0.2) is 0 Å². The summed E-state index contributed by atoms with van der Waals surface area (Å²) < 4.78 is 0. The Bertz CT molecular complexity index is 888. The summed E-state index contributed by atoms with van der Waals surface area (Å²) in [6, 6.07) is 12.3. The zero-order valence-electron chi connectivity index (χ0n) is 18.1. The highest BCUT2D eigenvalue weighted by molar-refractivity contribution is 5.93. The van der Waals surface area contributed by atoms with Crippen molar-refractivity contribution >= 4 is 17.4 Å². The summed E-state index contributed by atoms with van der Waals surface area (Å²) in [5.41, 5.74) is 15.0. The Morgan fingerprint density at radius 1 is 1.07 bits per heavy atom. The summed E-state index contributed by atoms with van der Waals surface area (Å²) in [7, 11) is 0. The van der Waals surface area contributed by atoms with Crippen LogP contribution in [0.1, 0.15) is 56.7 Å². The standard InChI is InChI=1S/C24H33N3O3/c1-24(2,3)18-10-11-22(29)20(14-18)27-23(30)9-5-8-21(28)19(26)13-16-6-4-7-17(12-16)15-25/h4,6-7,10-12,14,19,29H,5,8-9,13,15,25-26H2,1-3H3,(H,27,30)/t19-/m0/s1. The molecule has 0 aliphatic heterocycles. The van der Waals surface area contributed by atoms with Crippen LogP contribution < -0.4 is 16.8 Å². The molecule has 6 nitrogen and oxygen atoms in total. The van der Waals surface area contributed by atoms with Gasteiger partial charge in [0.25, 0.3) is 0 Å². The first kappa shape index (κ1) is 23.6. The van der Waals surface area contributed by atoms with Crippen LogP contribution >= 0.6 is 0 Å². The lowest BCUT2D eigenvalue weighted by Crippen LogP contribution is -2.32. The number of nitrogens with one attached hydrogen (secondary N) is 1. The van der Waals surface area contributed by atoms with E-state index >= 15 is 0 Å². The van der Waals surface area contributed by atoms with E-state index in [0.717, 1.165) is 16.7 Å². The molecule has 30 heavy (non-hydrogen) atoms. The monoisotopic (exact) mass is 411 g/mol. The molecule has 1 atom stereocenters. The number of hydrogen-bond donors (Lipinski definition) is 4. The van der Waals surface area contributed by atoms with Crippen LogP contribution in [0.15, 0.2) is 42.5 Å². The summed E-state index contributed by atoms with van der Waals surface area (Å²) in [6.45, 7) is 6.63. The zero-order valence-corrected chi connectivity index (χ0v) is 18.1. The number of hydrogen-bond acceptors (Lipinski definition) is 5. The molecule has 0 aliphatic rings. The van der Waals surface area contributed by atoms with Crippen molar-refractivity contribution in [3.05, 3.63) is 59.2 Å². The molecule has 6 heteroatoms. The van der Waals surface area contributed by atoms with E-state index in [1.807, 2.05) is 30.3 Å². The lowest BCUT2D eigenvalue weighted by molar-refractivity contribution is -0.120. The van der Waals surface area contributed by atoms with Crippen LogP contribution in [0.25, 0.3) is 0 Å². The van der Waals surface area contributed by atoms with Crippen molar-refractivity contribution in [3.8, 4) is 5.75 Å². The topological polar surface area (TPSA) is 118 Å². The van der Waals surface area contributed by atoms with Gasteiger partial charge >= 0.3 is 0 Å². The van der Waals surface area contributed by atoms with E-state index in [1.54, 1.807) is 12.1 Å². The van der Waals surface area contributed by atoms with Crippen molar-refractivity contribution in [2.75, 3.05) is 5.32 Å². The smallest absolute Gasteiger partial charge is 0.224 e. The number of carbonyl (C=O) groups is 2. The number of nitrogens with two attached hydrogens (primary N) is 2. The maximum atomic E-state index is 12.3. The molecule has 0 spiro atoms. The average molecular weight is 412 g/mol. The van der Waals surface area contributed by atoms with Crippen molar-refractivity contribution in [2.24, 2.45) is 11.5 Å². The van der Waals surface area contributed by atoms with Crippen LogP contribution in [0.4, 0.5) is 5.69 Å². The summed E-state index contributed by atoms with van der Waals surface area (Å²) in [5, 5.41) is 12.8. The molecule has 2 rings (SSSR count). The number of benzene rings is 2. The van der Waals surface area contributed by atoms with Gasteiger partial charge in [0.05, 0.1) is 11.7 Å². The first-order chi connectivity index (χ1) is 14.1. The third-order valence-electron chi connectivity index (χ3n) is 5.06. The largest absolute Gasteiger partial charge is 0.506 e. The quantitative estimate of drug-likeness (QED) is 0.472. The molecular formula is C24H33N3O3. The fraction of sp³-hybridized carbons (Fsp3) is 0.417. The minimum Gasteiger partial charge on any atom is -0.506 e. The Kier molecular flexibility index (Phi) is 8.15. The third-order valence-corrected chi connectivity index (χ3v) is 5.06. The van der Waals surface area contributed by atoms with E-state index in [4.69, 9.17) is 11.5 Å².